The summed E-state index contributed by atoms with van der Waals surface area (Å²) in [6.45, 7) is 11.0. The molecule has 2 aliphatic rings. The number of hydrogen-bond donors (Lipinski definition) is 0. The van der Waals surface area contributed by atoms with Gasteiger partial charge in [0.05, 0.1) is 26.4 Å². The quantitative estimate of drug-likeness (QED) is 0.0960. The molecule has 0 amide bonds. The molecular formula is C60H61O5P. The van der Waals surface area contributed by atoms with Gasteiger partial charge in [-0.1, -0.05) is 167 Å². The van der Waals surface area contributed by atoms with Crippen LogP contribution in [0.15, 0.2) is 152 Å². The van der Waals surface area contributed by atoms with E-state index in [0.29, 0.717) is 52.1 Å². The highest BCUT2D eigenvalue weighted by Gasteiger charge is 2.43. The average Bonchev–Trinajstić information content (AvgIpc) is 3.62. The van der Waals surface area contributed by atoms with Crippen molar-refractivity contribution < 1.29 is 23.5 Å². The monoisotopic (exact) mass is 892 g/mol. The minimum absolute atomic E-state index is 0.543. The Morgan fingerprint density at radius 2 is 0.758 bits per heavy atom. The molecule has 7 aromatic rings. The molecule has 8 bridgehead atoms. The van der Waals surface area contributed by atoms with Gasteiger partial charge in [-0.15, -0.1) is 0 Å². The molecule has 5 nitrogen and oxygen atoms in total. The molecule has 0 aromatic heterocycles. The van der Waals surface area contributed by atoms with Gasteiger partial charge in [-0.2, -0.15) is 0 Å². The van der Waals surface area contributed by atoms with Crippen molar-refractivity contribution >= 4 is 28.6 Å². The Hall–Kier alpha value is -6.29. The normalized spacial score (nSPS) is 15.3. The van der Waals surface area contributed by atoms with Crippen LogP contribution in [0.25, 0.3) is 10.9 Å². The molecular weight excluding hydrogens is 832 g/mol. The summed E-state index contributed by atoms with van der Waals surface area (Å²) < 4.78 is 44.0. The molecule has 1 unspecified atom stereocenters. The van der Waals surface area contributed by atoms with Crippen LogP contribution < -0.4 is 29.6 Å². The van der Waals surface area contributed by atoms with Crippen LogP contribution in [0.2, 0.25) is 0 Å². The lowest BCUT2D eigenvalue weighted by atomic mass is 9.89. The van der Waals surface area contributed by atoms with Gasteiger partial charge in [-0.05, 0) is 99.0 Å². The molecule has 7 aromatic carbocycles. The molecule has 0 saturated heterocycles. The number of benzene rings is 7. The Bertz CT molecular complexity index is 2800. The van der Waals surface area contributed by atoms with E-state index in [4.69, 9.17) is 18.9 Å². The molecule has 0 radical (unpaired) electrons. The summed E-state index contributed by atoms with van der Waals surface area (Å²) in [7, 11) is -3.44. The van der Waals surface area contributed by atoms with Crippen LogP contribution in [0.4, 0.5) is 0 Å². The molecule has 0 saturated carbocycles. The second kappa shape index (κ2) is 20.5. The minimum Gasteiger partial charge on any atom is -0.493 e. The Morgan fingerprint density at radius 3 is 1.18 bits per heavy atom. The van der Waals surface area contributed by atoms with Crippen molar-refractivity contribution in [2.45, 2.75) is 79.1 Å². The summed E-state index contributed by atoms with van der Waals surface area (Å²) in [6.07, 6.45) is 5.90. The van der Waals surface area contributed by atoms with E-state index in [1.165, 1.54) is 0 Å². The largest absolute Gasteiger partial charge is 0.493 e. The maximum Gasteiger partial charge on any atom is 0.172 e. The molecule has 1 heterocycles. The number of hydrogen-bond acceptors (Lipinski definition) is 5. The van der Waals surface area contributed by atoms with Crippen molar-refractivity contribution in [1.82, 2.24) is 0 Å². The molecule has 336 valence electrons. The predicted octanol–water partition coefficient (Wildman–Crippen LogP) is 13.8. The lowest BCUT2D eigenvalue weighted by Gasteiger charge is -2.25. The Morgan fingerprint density at radius 1 is 0.394 bits per heavy atom. The van der Waals surface area contributed by atoms with E-state index in [1.54, 1.807) is 0 Å². The molecule has 6 heteroatoms. The predicted molar refractivity (Wildman–Crippen MR) is 272 cm³/mol. The lowest BCUT2D eigenvalue weighted by molar-refractivity contribution is 0.304. The first-order valence-electron chi connectivity index (χ1n) is 24.0. The second-order valence-electron chi connectivity index (χ2n) is 17.5. The molecule has 0 N–H and O–H groups in total. The lowest BCUT2D eigenvalue weighted by Crippen LogP contribution is -2.15. The van der Waals surface area contributed by atoms with E-state index in [1.807, 2.05) is 42.5 Å². The standard InChI is InChI=1S/C60H61O5P/c1-5-32-62-56-43-22-17-23-44(56)37-46-25-19-27-48(58(46)64-34-7-3)39-50-41-51(40-49(59(50)65-35-8-4)38-47-26-18-24-45(36-43)57(47)63-33-6-2)60-55(42-20-11-9-12-21-42)53-30-15-16-31-54(53)66(60,61)52-28-13-10-14-29-52/h9-31,40-41H,5-8,32-39H2,1-4H3. The highest BCUT2D eigenvalue weighted by atomic mass is 31.2. The van der Waals surface area contributed by atoms with E-state index in [2.05, 4.69) is 137 Å². The smallest absolute Gasteiger partial charge is 0.172 e. The summed E-state index contributed by atoms with van der Waals surface area (Å²) in [6, 6.07) is 53.2. The first-order chi connectivity index (χ1) is 32.5. The molecule has 1 aliphatic carbocycles. The van der Waals surface area contributed by atoms with Crippen LogP contribution in [0.5, 0.6) is 23.0 Å². The summed E-state index contributed by atoms with van der Waals surface area (Å²) in [5.74, 6) is 3.61. The van der Waals surface area contributed by atoms with Crippen molar-refractivity contribution in [3.05, 3.63) is 213 Å². The van der Waals surface area contributed by atoms with Crippen LogP contribution in [0, 0.1) is 0 Å². The third-order valence-electron chi connectivity index (χ3n) is 12.6. The van der Waals surface area contributed by atoms with Crippen molar-refractivity contribution in [2.75, 3.05) is 26.4 Å². The maximum atomic E-state index is 16.7. The van der Waals surface area contributed by atoms with Gasteiger partial charge in [-0.3, -0.25) is 0 Å². The molecule has 0 fully saturated rings. The SMILES string of the molecule is CCCOc1c2cccc1Cc1cccc(c1OCCC)Cc1cc(C3=C(c4ccccc4)c4ccccc4P3(=O)c3ccccc3)cc(c1OCCC)Cc1cccc(c1OCCC)C2. The molecule has 9 rings (SSSR count). The molecule has 1 atom stereocenters. The van der Waals surface area contributed by atoms with Crippen LogP contribution in [0.3, 0.4) is 0 Å². The van der Waals surface area contributed by atoms with E-state index >= 15 is 4.57 Å². The summed E-state index contributed by atoms with van der Waals surface area (Å²) in [4.78, 5) is 0. The Kier molecular flexibility index (Phi) is 13.9. The van der Waals surface area contributed by atoms with Crippen molar-refractivity contribution in [2.24, 2.45) is 0 Å². The zero-order valence-electron chi connectivity index (χ0n) is 38.9. The van der Waals surface area contributed by atoms with Gasteiger partial charge in [0.2, 0.25) is 0 Å². The van der Waals surface area contributed by atoms with Gasteiger partial charge in [0.1, 0.15) is 23.0 Å². The Labute approximate surface area is 391 Å². The topological polar surface area (TPSA) is 54.0 Å². The first-order valence-corrected chi connectivity index (χ1v) is 25.7. The van der Waals surface area contributed by atoms with Crippen molar-refractivity contribution in [3.8, 4) is 23.0 Å². The number of ether oxygens (including phenoxy) is 4. The third kappa shape index (κ3) is 8.86. The van der Waals surface area contributed by atoms with Crippen LogP contribution in [-0.2, 0) is 30.2 Å². The van der Waals surface area contributed by atoms with Gasteiger partial charge >= 0.3 is 0 Å². The van der Waals surface area contributed by atoms with Gasteiger partial charge in [0.15, 0.2) is 7.14 Å². The summed E-state index contributed by atoms with van der Waals surface area (Å²) in [5, 5.41) is 2.54. The van der Waals surface area contributed by atoms with Crippen molar-refractivity contribution in [3.63, 3.8) is 0 Å². The highest BCUT2D eigenvalue weighted by Crippen LogP contribution is 2.65. The van der Waals surface area contributed by atoms with Crippen molar-refractivity contribution in [1.29, 1.82) is 0 Å². The summed E-state index contributed by atoms with van der Waals surface area (Å²) >= 11 is 0. The van der Waals surface area contributed by atoms with Crippen LogP contribution in [-0.4, -0.2) is 26.4 Å². The molecule has 0 spiro atoms. The number of para-hydroxylation sites is 3. The second-order valence-corrected chi connectivity index (χ2v) is 20.2. The zero-order chi connectivity index (χ0) is 45.5. The Balaban J connectivity index is 1.36. The minimum atomic E-state index is -3.44. The van der Waals surface area contributed by atoms with E-state index in [0.717, 1.165) is 131 Å². The van der Waals surface area contributed by atoms with Gasteiger partial charge < -0.3 is 23.5 Å². The van der Waals surface area contributed by atoms with E-state index in [9.17, 15) is 0 Å². The third-order valence-corrected chi connectivity index (χ3v) is 15.8. The fourth-order valence-electron chi connectivity index (χ4n) is 9.78. The fourth-order valence-corrected chi connectivity index (χ4v) is 13.0. The van der Waals surface area contributed by atoms with E-state index in [-0.39, 0.29) is 0 Å². The molecule has 66 heavy (non-hydrogen) atoms. The summed E-state index contributed by atoms with van der Waals surface area (Å²) in [5.41, 5.74) is 12.7. The maximum absolute atomic E-state index is 16.7. The highest BCUT2D eigenvalue weighted by molar-refractivity contribution is 7.88. The van der Waals surface area contributed by atoms with Crippen LogP contribution in [0.1, 0.15) is 115 Å². The van der Waals surface area contributed by atoms with E-state index < -0.39 is 7.14 Å². The van der Waals surface area contributed by atoms with Gasteiger partial charge in [-0.25, -0.2) is 0 Å². The first kappa shape index (κ1) is 44.9. The number of rotatable bonds is 15. The fraction of sp³-hybridized carbons (Fsp3) is 0.267. The van der Waals surface area contributed by atoms with Gasteiger partial charge in [0, 0.05) is 47.2 Å². The number of fused-ring (bicyclic) bond motifs is 9. The zero-order valence-corrected chi connectivity index (χ0v) is 39.8. The molecule has 1 aliphatic heterocycles. The van der Waals surface area contributed by atoms with Gasteiger partial charge in [0.25, 0.3) is 0 Å². The van der Waals surface area contributed by atoms with Crippen LogP contribution >= 0.6 is 7.14 Å². The average molecular weight is 893 g/mol.